The summed E-state index contributed by atoms with van der Waals surface area (Å²) in [5.41, 5.74) is 0. The van der Waals surface area contributed by atoms with Gasteiger partial charge in [0.2, 0.25) is 0 Å². The van der Waals surface area contributed by atoms with Crippen LogP contribution in [0, 0.1) is 0 Å². The number of nitrogens with one attached hydrogen (secondary N) is 1. The third-order valence-electron chi connectivity index (χ3n) is 1.41. The summed E-state index contributed by atoms with van der Waals surface area (Å²) in [6, 6.07) is -0.0941. The molecule has 4 heteroatoms. The number of hydrogen-bond donors (Lipinski definition) is 2. The van der Waals surface area contributed by atoms with Gasteiger partial charge in [-0.25, -0.2) is 8.78 Å². The van der Waals surface area contributed by atoms with Gasteiger partial charge in [-0.2, -0.15) is 12.6 Å². The number of halogens is 2. The molecule has 0 aliphatic carbocycles. The van der Waals surface area contributed by atoms with Crippen LogP contribution in [0.1, 0.15) is 6.42 Å². The lowest BCUT2D eigenvalue weighted by Crippen LogP contribution is -2.23. The molecule has 9 heavy (non-hydrogen) atoms. The fourth-order valence-corrected chi connectivity index (χ4v) is 1.19. The van der Waals surface area contributed by atoms with E-state index in [4.69, 9.17) is 0 Å². The number of thiol groups is 1. The maximum absolute atomic E-state index is 12.3. The van der Waals surface area contributed by atoms with Gasteiger partial charge in [0, 0.05) is 18.2 Å². The second kappa shape index (κ2) is 2.42. The fraction of sp³-hybridized carbons (Fsp3) is 1.00. The van der Waals surface area contributed by atoms with Gasteiger partial charge in [0.15, 0.2) is 0 Å². The Morgan fingerprint density at radius 2 is 2.33 bits per heavy atom. The van der Waals surface area contributed by atoms with Crippen molar-refractivity contribution in [2.24, 2.45) is 0 Å². The van der Waals surface area contributed by atoms with Gasteiger partial charge >= 0.3 is 0 Å². The van der Waals surface area contributed by atoms with Gasteiger partial charge in [-0.05, 0) is 0 Å². The predicted octanol–water partition coefficient (Wildman–Crippen LogP) is 0.913. The SMILES string of the molecule is FC1(F)CN[C@@H](CS)C1. The van der Waals surface area contributed by atoms with Gasteiger partial charge in [-0.15, -0.1) is 0 Å². The molecule has 1 N–H and O–H groups in total. The molecule has 0 spiro atoms. The molecular formula is C5H9F2NS. The molecule has 0 aromatic heterocycles. The molecular weight excluding hydrogens is 144 g/mol. The molecule has 1 aliphatic heterocycles. The Hall–Kier alpha value is 0.170. The van der Waals surface area contributed by atoms with Crippen LogP contribution in [0.4, 0.5) is 8.78 Å². The Morgan fingerprint density at radius 3 is 2.56 bits per heavy atom. The van der Waals surface area contributed by atoms with Gasteiger partial charge < -0.3 is 5.32 Å². The summed E-state index contributed by atoms with van der Waals surface area (Å²) in [6.07, 6.45) is -0.0590. The van der Waals surface area contributed by atoms with Crippen molar-refractivity contribution in [1.82, 2.24) is 5.32 Å². The van der Waals surface area contributed by atoms with Crippen LogP contribution in [0.2, 0.25) is 0 Å². The molecule has 0 aromatic carbocycles. The van der Waals surface area contributed by atoms with Crippen LogP contribution in [-0.4, -0.2) is 24.3 Å². The van der Waals surface area contributed by atoms with Crippen molar-refractivity contribution in [2.75, 3.05) is 12.3 Å². The van der Waals surface area contributed by atoms with E-state index in [1.165, 1.54) is 0 Å². The van der Waals surface area contributed by atoms with E-state index in [1.54, 1.807) is 0 Å². The zero-order valence-electron chi connectivity index (χ0n) is 4.90. The van der Waals surface area contributed by atoms with Gasteiger partial charge in [0.25, 0.3) is 5.92 Å². The predicted molar refractivity (Wildman–Crippen MR) is 35.2 cm³/mol. The molecule has 1 heterocycles. The molecule has 54 valence electrons. The molecule has 1 fully saturated rings. The summed E-state index contributed by atoms with van der Waals surface area (Å²) in [7, 11) is 0. The zero-order chi connectivity index (χ0) is 6.91. The molecule has 0 aromatic rings. The lowest BCUT2D eigenvalue weighted by Gasteiger charge is -2.04. The average molecular weight is 153 g/mol. The summed E-state index contributed by atoms with van der Waals surface area (Å²) in [5, 5.41) is 2.67. The normalized spacial score (nSPS) is 33.0. The Kier molecular flexibility index (Phi) is 1.96. The van der Waals surface area contributed by atoms with Crippen LogP contribution in [0.3, 0.4) is 0 Å². The van der Waals surface area contributed by atoms with Crippen molar-refractivity contribution in [1.29, 1.82) is 0 Å². The Morgan fingerprint density at radius 1 is 1.67 bits per heavy atom. The first kappa shape index (κ1) is 7.28. The summed E-state index contributed by atoms with van der Waals surface area (Å²) in [4.78, 5) is 0. The van der Waals surface area contributed by atoms with Crippen LogP contribution in [-0.2, 0) is 0 Å². The maximum atomic E-state index is 12.3. The zero-order valence-corrected chi connectivity index (χ0v) is 5.80. The number of alkyl halides is 2. The van der Waals surface area contributed by atoms with E-state index in [2.05, 4.69) is 17.9 Å². The minimum absolute atomic E-state index is 0.0590. The second-order valence-corrected chi connectivity index (χ2v) is 2.69. The van der Waals surface area contributed by atoms with E-state index in [9.17, 15) is 8.78 Å². The molecule has 1 aliphatic rings. The first-order valence-electron chi connectivity index (χ1n) is 2.86. The molecule has 1 atom stereocenters. The lowest BCUT2D eigenvalue weighted by atomic mass is 10.2. The van der Waals surface area contributed by atoms with Crippen molar-refractivity contribution < 1.29 is 8.78 Å². The van der Waals surface area contributed by atoms with Crippen LogP contribution < -0.4 is 5.32 Å². The smallest absolute Gasteiger partial charge is 0.261 e. The van der Waals surface area contributed by atoms with Crippen LogP contribution in [0.25, 0.3) is 0 Å². The molecule has 0 amide bonds. The first-order chi connectivity index (χ1) is 4.14. The van der Waals surface area contributed by atoms with E-state index in [0.717, 1.165) is 0 Å². The van der Waals surface area contributed by atoms with Crippen molar-refractivity contribution in [2.45, 2.75) is 18.4 Å². The maximum Gasteiger partial charge on any atom is 0.261 e. The van der Waals surface area contributed by atoms with Crippen LogP contribution >= 0.6 is 12.6 Å². The number of hydrogen-bond acceptors (Lipinski definition) is 2. The van der Waals surface area contributed by atoms with Crippen molar-refractivity contribution >= 4 is 12.6 Å². The second-order valence-electron chi connectivity index (χ2n) is 2.32. The number of rotatable bonds is 1. The third-order valence-corrected chi connectivity index (χ3v) is 1.86. The molecule has 0 unspecified atom stereocenters. The first-order valence-corrected chi connectivity index (χ1v) is 3.49. The summed E-state index contributed by atoms with van der Waals surface area (Å²) in [5.74, 6) is -2.00. The van der Waals surface area contributed by atoms with Crippen molar-refractivity contribution in [3.8, 4) is 0 Å². The standard InChI is InChI=1S/C5H9F2NS/c6-5(7)1-4(2-9)8-3-5/h4,8-9H,1-3H2/t4-/m1/s1. The van der Waals surface area contributed by atoms with E-state index < -0.39 is 5.92 Å². The summed E-state index contributed by atoms with van der Waals surface area (Å²) < 4.78 is 24.6. The Balaban J connectivity index is 2.38. The van der Waals surface area contributed by atoms with E-state index in [1.807, 2.05) is 0 Å². The molecule has 1 saturated heterocycles. The van der Waals surface area contributed by atoms with E-state index in [-0.39, 0.29) is 19.0 Å². The minimum atomic E-state index is -2.49. The van der Waals surface area contributed by atoms with Crippen molar-refractivity contribution in [3.05, 3.63) is 0 Å². The van der Waals surface area contributed by atoms with E-state index >= 15 is 0 Å². The quantitative estimate of drug-likeness (QED) is 0.534. The summed E-state index contributed by atoms with van der Waals surface area (Å²) in [6.45, 7) is -0.182. The summed E-state index contributed by atoms with van der Waals surface area (Å²) >= 11 is 3.90. The van der Waals surface area contributed by atoms with Crippen LogP contribution in [0.5, 0.6) is 0 Å². The van der Waals surface area contributed by atoms with Gasteiger partial charge in [-0.3, -0.25) is 0 Å². The van der Waals surface area contributed by atoms with Gasteiger partial charge in [0.05, 0.1) is 6.54 Å². The fourth-order valence-electron chi connectivity index (χ4n) is 0.928. The molecule has 0 bridgehead atoms. The Bertz CT molecular complexity index is 107. The molecule has 0 radical (unpaired) electrons. The Labute approximate surface area is 58.2 Å². The molecule has 1 rings (SSSR count). The van der Waals surface area contributed by atoms with Gasteiger partial charge in [-0.1, -0.05) is 0 Å². The largest absolute Gasteiger partial charge is 0.307 e. The highest BCUT2D eigenvalue weighted by molar-refractivity contribution is 7.80. The topological polar surface area (TPSA) is 12.0 Å². The van der Waals surface area contributed by atoms with E-state index in [0.29, 0.717) is 5.75 Å². The minimum Gasteiger partial charge on any atom is -0.307 e. The molecule has 0 saturated carbocycles. The highest BCUT2D eigenvalue weighted by atomic mass is 32.1. The third kappa shape index (κ3) is 1.79. The molecule has 1 nitrogen and oxygen atoms in total. The van der Waals surface area contributed by atoms with Crippen molar-refractivity contribution in [3.63, 3.8) is 0 Å². The monoisotopic (exact) mass is 153 g/mol. The van der Waals surface area contributed by atoms with Crippen LogP contribution in [0.15, 0.2) is 0 Å². The average Bonchev–Trinajstić information content (AvgIpc) is 2.10. The lowest BCUT2D eigenvalue weighted by molar-refractivity contribution is 0.0217. The highest BCUT2D eigenvalue weighted by Crippen LogP contribution is 2.25. The van der Waals surface area contributed by atoms with Gasteiger partial charge in [0.1, 0.15) is 0 Å². The highest BCUT2D eigenvalue weighted by Gasteiger charge is 2.38.